The Kier molecular flexibility index (Phi) is 3.38. The number of benzene rings is 1. The first-order valence-electron chi connectivity index (χ1n) is 5.47. The molecule has 1 aliphatic rings. The van der Waals surface area contributed by atoms with E-state index in [0.29, 0.717) is 5.92 Å². The van der Waals surface area contributed by atoms with Crippen LogP contribution >= 0.6 is 9.24 Å². The van der Waals surface area contributed by atoms with Crippen molar-refractivity contribution in [3.05, 3.63) is 53.6 Å². The van der Waals surface area contributed by atoms with E-state index in [0.717, 1.165) is 12.6 Å². The summed E-state index contributed by atoms with van der Waals surface area (Å²) in [6, 6.07) is 8.83. The summed E-state index contributed by atoms with van der Waals surface area (Å²) in [5, 5.41) is 0. The number of allylic oxidation sites excluding steroid dienone is 4. The molecule has 0 radical (unpaired) electrons. The number of hydrogen-bond acceptors (Lipinski definition) is 0. The van der Waals surface area contributed by atoms with E-state index in [-0.39, 0.29) is 0 Å². The fourth-order valence-corrected chi connectivity index (χ4v) is 2.05. The summed E-state index contributed by atoms with van der Waals surface area (Å²) in [5.74, 6) is 0.695. The second kappa shape index (κ2) is 4.77. The van der Waals surface area contributed by atoms with Gasteiger partial charge in [0.05, 0.1) is 0 Å². The molecule has 0 saturated carbocycles. The molecule has 2 unspecified atom stereocenters. The van der Waals surface area contributed by atoms with Crippen LogP contribution in [0.15, 0.2) is 42.5 Å². The lowest BCUT2D eigenvalue weighted by Crippen LogP contribution is -1.94. The molecule has 0 heterocycles. The lowest BCUT2D eigenvalue weighted by atomic mass is 9.94. The van der Waals surface area contributed by atoms with Crippen LogP contribution in [0.4, 0.5) is 0 Å². The van der Waals surface area contributed by atoms with Gasteiger partial charge < -0.3 is 0 Å². The Balaban J connectivity index is 2.20. The topological polar surface area (TPSA) is 0 Å². The molecule has 0 bridgehead atoms. The normalized spacial score (nSPS) is 20.1. The zero-order chi connectivity index (χ0) is 10.7. The average Bonchev–Trinajstić information content (AvgIpc) is 2.30. The van der Waals surface area contributed by atoms with E-state index >= 15 is 0 Å². The van der Waals surface area contributed by atoms with Crippen molar-refractivity contribution >= 4 is 14.8 Å². The predicted molar refractivity (Wildman–Crippen MR) is 70.8 cm³/mol. The van der Waals surface area contributed by atoms with E-state index in [9.17, 15) is 0 Å². The summed E-state index contributed by atoms with van der Waals surface area (Å²) < 4.78 is 0. The van der Waals surface area contributed by atoms with Gasteiger partial charge in [0.1, 0.15) is 0 Å². The van der Waals surface area contributed by atoms with Crippen LogP contribution in [0.5, 0.6) is 0 Å². The van der Waals surface area contributed by atoms with Crippen molar-refractivity contribution in [3.63, 3.8) is 0 Å². The third-order valence-electron chi connectivity index (χ3n) is 2.84. The van der Waals surface area contributed by atoms with Crippen molar-refractivity contribution in [2.24, 2.45) is 5.92 Å². The number of rotatable bonds is 2. The van der Waals surface area contributed by atoms with Crippen molar-refractivity contribution in [2.45, 2.75) is 19.5 Å². The van der Waals surface area contributed by atoms with Crippen molar-refractivity contribution in [1.29, 1.82) is 0 Å². The molecule has 0 spiro atoms. The molecule has 2 atom stereocenters. The van der Waals surface area contributed by atoms with Gasteiger partial charge in [-0.3, -0.25) is 0 Å². The molecule has 0 amide bonds. The predicted octanol–water partition coefficient (Wildman–Crippen LogP) is 4.04. The highest BCUT2D eigenvalue weighted by Crippen LogP contribution is 2.24. The third kappa shape index (κ3) is 2.58. The van der Waals surface area contributed by atoms with Gasteiger partial charge in [-0.1, -0.05) is 49.4 Å². The molecule has 1 aromatic rings. The first-order chi connectivity index (χ1) is 7.29. The van der Waals surface area contributed by atoms with Crippen LogP contribution in [0.2, 0.25) is 0 Å². The second-order valence-corrected chi connectivity index (χ2v) is 4.54. The zero-order valence-corrected chi connectivity index (χ0v) is 10.3. The van der Waals surface area contributed by atoms with Crippen LogP contribution in [0.3, 0.4) is 0 Å². The fraction of sp³-hybridized carbons (Fsp3) is 0.286. The SMILES string of the molecule is CC1C=CC(c2ccc(CP)cc2)=CC1. The van der Waals surface area contributed by atoms with Gasteiger partial charge in [-0.05, 0) is 35.2 Å². The zero-order valence-electron chi connectivity index (χ0n) is 9.11. The smallest absolute Gasteiger partial charge is 0.0128 e. The van der Waals surface area contributed by atoms with E-state index in [1.807, 2.05) is 0 Å². The van der Waals surface area contributed by atoms with E-state index in [1.54, 1.807) is 0 Å². The molecule has 1 aromatic carbocycles. The summed E-state index contributed by atoms with van der Waals surface area (Å²) >= 11 is 0. The highest BCUT2D eigenvalue weighted by molar-refractivity contribution is 7.15. The van der Waals surface area contributed by atoms with Crippen LogP contribution in [0.25, 0.3) is 5.57 Å². The first kappa shape index (κ1) is 10.6. The minimum Gasteiger partial charge on any atom is -0.133 e. The average molecular weight is 216 g/mol. The summed E-state index contributed by atoms with van der Waals surface area (Å²) in [7, 11) is 2.75. The van der Waals surface area contributed by atoms with Crippen LogP contribution in [-0.4, -0.2) is 0 Å². The minimum absolute atomic E-state index is 0.695. The second-order valence-electron chi connectivity index (χ2n) is 4.13. The van der Waals surface area contributed by atoms with E-state index in [4.69, 9.17) is 0 Å². The third-order valence-corrected chi connectivity index (χ3v) is 3.31. The minimum atomic E-state index is 0.695. The lowest BCUT2D eigenvalue weighted by Gasteiger charge is -2.12. The summed E-state index contributed by atoms with van der Waals surface area (Å²) in [4.78, 5) is 0. The molecular weight excluding hydrogens is 199 g/mol. The van der Waals surface area contributed by atoms with E-state index < -0.39 is 0 Å². The van der Waals surface area contributed by atoms with Crippen LogP contribution in [0, 0.1) is 5.92 Å². The Morgan fingerprint density at radius 2 is 2.00 bits per heavy atom. The van der Waals surface area contributed by atoms with Gasteiger partial charge in [0.2, 0.25) is 0 Å². The molecule has 0 aliphatic heterocycles. The maximum atomic E-state index is 2.75. The lowest BCUT2D eigenvalue weighted by molar-refractivity contribution is 0.739. The largest absolute Gasteiger partial charge is 0.133 e. The Hall–Kier alpha value is -0.870. The van der Waals surface area contributed by atoms with E-state index in [1.165, 1.54) is 16.7 Å². The summed E-state index contributed by atoms with van der Waals surface area (Å²) in [5.41, 5.74) is 4.07. The standard InChI is InChI=1S/C14H17P/c1-11-2-6-13(7-3-11)14-8-4-12(10-15)5-9-14/h2,4-9,11H,3,10,15H2,1H3. The Morgan fingerprint density at radius 3 is 2.53 bits per heavy atom. The van der Waals surface area contributed by atoms with Crippen LogP contribution in [-0.2, 0) is 6.16 Å². The van der Waals surface area contributed by atoms with Gasteiger partial charge in [-0.2, -0.15) is 0 Å². The van der Waals surface area contributed by atoms with Gasteiger partial charge in [0.25, 0.3) is 0 Å². The summed E-state index contributed by atoms with van der Waals surface area (Å²) in [6.45, 7) is 2.25. The maximum Gasteiger partial charge on any atom is -0.0128 e. The van der Waals surface area contributed by atoms with Gasteiger partial charge in [-0.15, -0.1) is 9.24 Å². The fourth-order valence-electron chi connectivity index (χ4n) is 1.77. The molecule has 0 saturated heterocycles. The van der Waals surface area contributed by atoms with E-state index in [2.05, 4.69) is 58.7 Å². The highest BCUT2D eigenvalue weighted by atomic mass is 31.0. The molecule has 1 aliphatic carbocycles. The Labute approximate surface area is 94.3 Å². The maximum absolute atomic E-state index is 2.75. The number of hydrogen-bond donors (Lipinski definition) is 0. The monoisotopic (exact) mass is 216 g/mol. The summed E-state index contributed by atoms with van der Waals surface area (Å²) in [6.07, 6.45) is 9.06. The van der Waals surface area contributed by atoms with Crippen molar-refractivity contribution in [2.75, 3.05) is 0 Å². The van der Waals surface area contributed by atoms with Crippen molar-refractivity contribution < 1.29 is 0 Å². The highest BCUT2D eigenvalue weighted by Gasteiger charge is 2.04. The van der Waals surface area contributed by atoms with Gasteiger partial charge in [-0.25, -0.2) is 0 Å². The molecule has 0 aromatic heterocycles. The quantitative estimate of drug-likeness (QED) is 0.654. The van der Waals surface area contributed by atoms with Gasteiger partial charge in [0, 0.05) is 0 Å². The van der Waals surface area contributed by atoms with Gasteiger partial charge in [0.15, 0.2) is 0 Å². The molecule has 0 nitrogen and oxygen atoms in total. The molecule has 0 N–H and O–H groups in total. The first-order valence-corrected chi connectivity index (χ1v) is 6.29. The molecule has 15 heavy (non-hydrogen) atoms. The Morgan fingerprint density at radius 1 is 1.27 bits per heavy atom. The van der Waals surface area contributed by atoms with Crippen molar-refractivity contribution in [3.8, 4) is 0 Å². The molecule has 2 rings (SSSR count). The van der Waals surface area contributed by atoms with Gasteiger partial charge >= 0.3 is 0 Å². The molecule has 1 heteroatoms. The molecule has 0 fully saturated rings. The molecule has 78 valence electrons. The molecular formula is C14H17P. The van der Waals surface area contributed by atoms with Crippen LogP contribution in [0.1, 0.15) is 24.5 Å². The van der Waals surface area contributed by atoms with Crippen molar-refractivity contribution in [1.82, 2.24) is 0 Å². The Bertz CT molecular complexity index is 384. The van der Waals surface area contributed by atoms with Crippen LogP contribution < -0.4 is 0 Å².